The highest BCUT2D eigenvalue weighted by Crippen LogP contribution is 2.37. The Morgan fingerprint density at radius 2 is 1.46 bits per heavy atom. The van der Waals surface area contributed by atoms with Gasteiger partial charge in [-0.05, 0) is 80.1 Å². The van der Waals surface area contributed by atoms with Gasteiger partial charge in [0, 0.05) is 16.3 Å². The molecule has 4 aromatic rings. The van der Waals surface area contributed by atoms with E-state index in [1.807, 2.05) is 68.4 Å². The maximum Gasteiger partial charge on any atom is 0.261 e. The van der Waals surface area contributed by atoms with Gasteiger partial charge in [0.2, 0.25) is 5.91 Å². The van der Waals surface area contributed by atoms with Crippen molar-refractivity contribution < 1.29 is 17.9 Å². The van der Waals surface area contributed by atoms with Crippen LogP contribution in [0.15, 0.2) is 113 Å². The molecule has 0 fully saturated rings. The molecule has 1 unspecified atom stereocenters. The molecule has 0 radical (unpaired) electrons. The second-order valence-electron chi connectivity index (χ2n) is 8.30. The molecule has 0 spiro atoms. The molecule has 1 atom stereocenters. The minimum absolute atomic E-state index is 0.162. The van der Waals surface area contributed by atoms with Gasteiger partial charge < -0.3 is 10.1 Å². The third-order valence-corrected chi connectivity index (χ3v) is 8.13. The van der Waals surface area contributed by atoms with Gasteiger partial charge in [-0.2, -0.15) is 0 Å². The van der Waals surface area contributed by atoms with Crippen LogP contribution in [0.2, 0.25) is 0 Å². The third-order valence-electron chi connectivity index (χ3n) is 5.47. The van der Waals surface area contributed by atoms with E-state index in [0.29, 0.717) is 18.0 Å². The van der Waals surface area contributed by atoms with E-state index in [1.165, 1.54) is 11.8 Å². The number of hydrogen-bond acceptors (Lipinski definition) is 5. The van der Waals surface area contributed by atoms with Crippen LogP contribution >= 0.6 is 11.8 Å². The SMILES string of the molecule is CCOc1ccc(NC(=O)C(Sc2ccc(NS(=O)(=O)c3ccc(C)cc3)cc2)c2ccccc2)cc1. The van der Waals surface area contributed by atoms with Crippen LogP contribution in [0.3, 0.4) is 0 Å². The number of anilines is 2. The highest BCUT2D eigenvalue weighted by Gasteiger charge is 2.22. The van der Waals surface area contributed by atoms with E-state index in [-0.39, 0.29) is 10.8 Å². The summed E-state index contributed by atoms with van der Waals surface area (Å²) in [6, 6.07) is 30.5. The van der Waals surface area contributed by atoms with Gasteiger partial charge in [-0.25, -0.2) is 8.42 Å². The first-order valence-corrected chi connectivity index (χ1v) is 14.2. The van der Waals surface area contributed by atoms with E-state index >= 15 is 0 Å². The van der Waals surface area contributed by atoms with Crippen LogP contribution in [0.1, 0.15) is 23.3 Å². The molecule has 0 saturated heterocycles. The molecule has 190 valence electrons. The predicted octanol–water partition coefficient (Wildman–Crippen LogP) is 6.67. The van der Waals surface area contributed by atoms with Crippen LogP contribution in [0, 0.1) is 6.92 Å². The first kappa shape index (κ1) is 26.3. The van der Waals surface area contributed by atoms with Crippen molar-refractivity contribution in [3.05, 3.63) is 114 Å². The fourth-order valence-corrected chi connectivity index (χ4v) is 5.66. The number of amides is 1. The number of nitrogens with one attached hydrogen (secondary N) is 2. The number of carbonyl (C=O) groups is 1. The van der Waals surface area contributed by atoms with Crippen molar-refractivity contribution in [1.29, 1.82) is 0 Å². The van der Waals surface area contributed by atoms with Gasteiger partial charge in [0.1, 0.15) is 11.0 Å². The van der Waals surface area contributed by atoms with Crippen molar-refractivity contribution in [3.63, 3.8) is 0 Å². The van der Waals surface area contributed by atoms with Gasteiger partial charge in [0.25, 0.3) is 10.0 Å². The summed E-state index contributed by atoms with van der Waals surface area (Å²) in [5.74, 6) is 0.581. The average Bonchev–Trinajstić information content (AvgIpc) is 2.90. The number of rotatable bonds is 10. The van der Waals surface area contributed by atoms with E-state index in [4.69, 9.17) is 4.74 Å². The first-order valence-electron chi connectivity index (χ1n) is 11.8. The van der Waals surface area contributed by atoms with Crippen LogP contribution in [-0.2, 0) is 14.8 Å². The third kappa shape index (κ3) is 7.15. The summed E-state index contributed by atoms with van der Waals surface area (Å²) in [6.07, 6.45) is 0. The summed E-state index contributed by atoms with van der Waals surface area (Å²) in [7, 11) is -3.69. The maximum absolute atomic E-state index is 13.3. The molecule has 0 saturated carbocycles. The van der Waals surface area contributed by atoms with E-state index in [9.17, 15) is 13.2 Å². The minimum atomic E-state index is -3.69. The molecule has 4 aromatic carbocycles. The zero-order valence-electron chi connectivity index (χ0n) is 20.5. The molecule has 0 aliphatic rings. The van der Waals surface area contributed by atoms with E-state index in [1.54, 1.807) is 48.5 Å². The Morgan fingerprint density at radius 3 is 2.08 bits per heavy atom. The topological polar surface area (TPSA) is 84.5 Å². The smallest absolute Gasteiger partial charge is 0.261 e. The molecular formula is C29H28N2O4S2. The molecule has 0 heterocycles. The largest absolute Gasteiger partial charge is 0.494 e. The van der Waals surface area contributed by atoms with E-state index in [2.05, 4.69) is 10.0 Å². The summed E-state index contributed by atoms with van der Waals surface area (Å²) < 4.78 is 33.5. The molecule has 0 aliphatic carbocycles. The van der Waals surface area contributed by atoms with Crippen molar-refractivity contribution in [2.75, 3.05) is 16.6 Å². The Kier molecular flexibility index (Phi) is 8.53. The predicted molar refractivity (Wildman–Crippen MR) is 150 cm³/mol. The van der Waals surface area contributed by atoms with Crippen LogP contribution in [0.25, 0.3) is 0 Å². The number of ether oxygens (including phenoxy) is 1. The molecule has 0 aliphatic heterocycles. The highest BCUT2D eigenvalue weighted by atomic mass is 32.2. The molecule has 2 N–H and O–H groups in total. The van der Waals surface area contributed by atoms with E-state index < -0.39 is 15.3 Å². The summed E-state index contributed by atoms with van der Waals surface area (Å²) >= 11 is 1.39. The zero-order valence-corrected chi connectivity index (χ0v) is 22.2. The standard InChI is InChI=1S/C29H28N2O4S2/c1-3-35-25-15-11-23(12-16-25)30-29(32)28(22-7-5-4-6-8-22)36-26-17-13-24(14-18-26)31-37(33,34)27-19-9-21(2)10-20-27/h4-20,28,31H,3H2,1-2H3,(H,30,32). The fraction of sp³-hybridized carbons (Fsp3) is 0.138. The second kappa shape index (κ2) is 12.0. The first-order chi connectivity index (χ1) is 17.8. The van der Waals surface area contributed by atoms with Gasteiger partial charge in [-0.3, -0.25) is 9.52 Å². The molecular weight excluding hydrogens is 504 g/mol. The lowest BCUT2D eigenvalue weighted by atomic mass is 10.1. The molecule has 1 amide bonds. The number of carbonyl (C=O) groups excluding carboxylic acids is 1. The summed E-state index contributed by atoms with van der Waals surface area (Å²) in [5.41, 5.74) is 2.97. The summed E-state index contributed by atoms with van der Waals surface area (Å²) in [5, 5.41) is 2.48. The van der Waals surface area contributed by atoms with Gasteiger partial charge in [-0.1, -0.05) is 48.0 Å². The molecule has 8 heteroatoms. The molecule has 0 aromatic heterocycles. The lowest BCUT2D eigenvalue weighted by molar-refractivity contribution is -0.115. The lowest BCUT2D eigenvalue weighted by Crippen LogP contribution is -2.19. The van der Waals surface area contributed by atoms with Gasteiger partial charge in [0.05, 0.1) is 11.5 Å². The Balaban J connectivity index is 1.49. The summed E-state index contributed by atoms with van der Waals surface area (Å²) in [6.45, 7) is 4.40. The number of hydrogen-bond donors (Lipinski definition) is 2. The van der Waals surface area contributed by atoms with Crippen LogP contribution in [0.4, 0.5) is 11.4 Å². The summed E-state index contributed by atoms with van der Waals surface area (Å²) in [4.78, 5) is 14.3. The van der Waals surface area contributed by atoms with Crippen molar-refractivity contribution in [1.82, 2.24) is 0 Å². The average molecular weight is 533 g/mol. The van der Waals surface area contributed by atoms with Crippen LogP contribution < -0.4 is 14.8 Å². The number of aryl methyl sites for hydroxylation is 1. The van der Waals surface area contributed by atoms with Gasteiger partial charge in [-0.15, -0.1) is 11.8 Å². The number of thioether (sulfide) groups is 1. The zero-order chi connectivity index (χ0) is 26.3. The van der Waals surface area contributed by atoms with Crippen molar-refractivity contribution in [2.45, 2.75) is 28.9 Å². The Labute approximate surface area is 222 Å². The fourth-order valence-electron chi connectivity index (χ4n) is 3.58. The Bertz CT molecular complexity index is 1420. The lowest BCUT2D eigenvalue weighted by Gasteiger charge is -2.18. The van der Waals surface area contributed by atoms with E-state index in [0.717, 1.165) is 21.8 Å². The molecule has 4 rings (SSSR count). The molecule has 0 bridgehead atoms. The van der Waals surface area contributed by atoms with Gasteiger partial charge >= 0.3 is 0 Å². The monoisotopic (exact) mass is 532 g/mol. The van der Waals surface area contributed by atoms with Crippen LogP contribution in [-0.4, -0.2) is 20.9 Å². The van der Waals surface area contributed by atoms with Gasteiger partial charge in [0.15, 0.2) is 0 Å². The Hall–Kier alpha value is -3.75. The normalized spacial score (nSPS) is 11.9. The van der Waals surface area contributed by atoms with Crippen LogP contribution in [0.5, 0.6) is 5.75 Å². The Morgan fingerprint density at radius 1 is 0.838 bits per heavy atom. The second-order valence-corrected chi connectivity index (χ2v) is 11.2. The quantitative estimate of drug-likeness (QED) is 0.223. The van der Waals surface area contributed by atoms with Crippen molar-refractivity contribution >= 4 is 39.1 Å². The molecule has 37 heavy (non-hydrogen) atoms. The highest BCUT2D eigenvalue weighted by molar-refractivity contribution is 8.00. The number of benzene rings is 4. The minimum Gasteiger partial charge on any atom is -0.494 e. The van der Waals surface area contributed by atoms with Crippen molar-refractivity contribution in [2.24, 2.45) is 0 Å². The number of sulfonamides is 1. The van der Waals surface area contributed by atoms with Crippen molar-refractivity contribution in [3.8, 4) is 5.75 Å². The molecule has 6 nitrogen and oxygen atoms in total. The maximum atomic E-state index is 13.3.